The van der Waals surface area contributed by atoms with Crippen LogP contribution in [0.3, 0.4) is 0 Å². The van der Waals surface area contributed by atoms with E-state index in [4.69, 9.17) is 9.47 Å². The predicted octanol–water partition coefficient (Wildman–Crippen LogP) is 3.45. The molecule has 0 unspecified atom stereocenters. The molecule has 7 nitrogen and oxygen atoms in total. The van der Waals surface area contributed by atoms with Crippen molar-refractivity contribution in [1.82, 2.24) is 14.9 Å². The van der Waals surface area contributed by atoms with Crippen molar-refractivity contribution in [3.05, 3.63) is 36.0 Å². The predicted molar refractivity (Wildman–Crippen MR) is 99.8 cm³/mol. The van der Waals surface area contributed by atoms with Crippen LogP contribution < -0.4 is 9.64 Å². The highest BCUT2D eigenvalue weighted by atomic mass is 19.4. The van der Waals surface area contributed by atoms with Crippen LogP contribution in [-0.2, 0) is 10.9 Å². The number of halogens is 3. The number of hydrogen-bond donors (Lipinski definition) is 0. The Balaban J connectivity index is 1.87. The second-order valence-electron chi connectivity index (χ2n) is 6.34. The summed E-state index contributed by atoms with van der Waals surface area (Å²) in [6, 6.07) is 7.53. The summed E-state index contributed by atoms with van der Waals surface area (Å²) in [5.74, 6) is 0.573. The molecule has 0 radical (unpaired) electrons. The van der Waals surface area contributed by atoms with E-state index in [1.54, 1.807) is 36.1 Å². The van der Waals surface area contributed by atoms with Crippen molar-refractivity contribution < 1.29 is 27.4 Å². The first-order valence-electron chi connectivity index (χ1n) is 9.09. The molecule has 1 fully saturated rings. The Morgan fingerprint density at radius 3 is 2.31 bits per heavy atom. The van der Waals surface area contributed by atoms with Crippen molar-refractivity contribution in [3.63, 3.8) is 0 Å². The maximum atomic E-state index is 13.4. The van der Waals surface area contributed by atoms with E-state index < -0.39 is 18.0 Å². The summed E-state index contributed by atoms with van der Waals surface area (Å²) in [4.78, 5) is 23.0. The first-order chi connectivity index (χ1) is 13.8. The fourth-order valence-electron chi connectivity index (χ4n) is 2.93. The van der Waals surface area contributed by atoms with Gasteiger partial charge in [-0.25, -0.2) is 14.8 Å². The molecule has 0 saturated carbocycles. The number of hydrogen-bond acceptors (Lipinski definition) is 6. The standard InChI is InChI=1S/C19H21F3N4O3/c1-3-29-18(27)26-10-8-25(9-11-26)17-23-15(12-16(24-17)19(20,21)22)13-4-6-14(28-2)7-5-13/h4-7,12H,3,8-11H2,1-2H3. The monoisotopic (exact) mass is 410 g/mol. The van der Waals surface area contributed by atoms with E-state index >= 15 is 0 Å². The van der Waals surface area contributed by atoms with Gasteiger partial charge in [-0.3, -0.25) is 0 Å². The number of carbonyl (C=O) groups is 1. The largest absolute Gasteiger partial charge is 0.497 e. The topological polar surface area (TPSA) is 67.8 Å². The number of anilines is 1. The highest BCUT2D eigenvalue weighted by molar-refractivity contribution is 5.68. The van der Waals surface area contributed by atoms with Crippen LogP contribution in [0.4, 0.5) is 23.9 Å². The minimum Gasteiger partial charge on any atom is -0.497 e. The minimum atomic E-state index is -4.61. The Morgan fingerprint density at radius 1 is 1.10 bits per heavy atom. The summed E-state index contributed by atoms with van der Waals surface area (Å²) >= 11 is 0. The lowest BCUT2D eigenvalue weighted by Gasteiger charge is -2.34. The van der Waals surface area contributed by atoms with Gasteiger partial charge in [-0.1, -0.05) is 0 Å². The quantitative estimate of drug-likeness (QED) is 0.769. The third kappa shape index (κ3) is 4.87. The fraction of sp³-hybridized carbons (Fsp3) is 0.421. The van der Waals surface area contributed by atoms with E-state index in [1.807, 2.05) is 0 Å². The van der Waals surface area contributed by atoms with Gasteiger partial charge in [0.1, 0.15) is 5.75 Å². The molecule has 0 spiro atoms. The number of piperazine rings is 1. The number of nitrogens with zero attached hydrogens (tertiary/aromatic N) is 4. The molecule has 0 aliphatic carbocycles. The molecule has 156 valence electrons. The molecule has 29 heavy (non-hydrogen) atoms. The molecule has 3 rings (SSSR count). The molecule has 1 aromatic heterocycles. The molecular weight excluding hydrogens is 389 g/mol. The Kier molecular flexibility index (Phi) is 6.09. The van der Waals surface area contributed by atoms with Crippen LogP contribution in [0.1, 0.15) is 12.6 Å². The smallest absolute Gasteiger partial charge is 0.433 e. The number of methoxy groups -OCH3 is 1. The summed E-state index contributed by atoms with van der Waals surface area (Å²) in [5.41, 5.74) is -0.330. The molecular formula is C19H21F3N4O3. The Hall–Kier alpha value is -3.04. The summed E-state index contributed by atoms with van der Waals surface area (Å²) in [6.45, 7) is 3.23. The molecule has 1 aromatic carbocycles. The maximum absolute atomic E-state index is 13.4. The highest BCUT2D eigenvalue weighted by Crippen LogP contribution is 2.32. The molecule has 1 amide bonds. The van der Waals surface area contributed by atoms with Gasteiger partial charge < -0.3 is 19.3 Å². The van der Waals surface area contributed by atoms with Crippen LogP contribution in [-0.4, -0.2) is 60.9 Å². The maximum Gasteiger partial charge on any atom is 0.433 e. The van der Waals surface area contributed by atoms with Crippen LogP contribution in [0.25, 0.3) is 11.3 Å². The molecule has 2 heterocycles. The average Bonchev–Trinajstić information content (AvgIpc) is 2.73. The zero-order valence-corrected chi connectivity index (χ0v) is 16.1. The average molecular weight is 410 g/mol. The molecule has 0 bridgehead atoms. The number of alkyl halides is 3. The first-order valence-corrected chi connectivity index (χ1v) is 9.09. The molecule has 1 aliphatic rings. The zero-order chi connectivity index (χ0) is 21.0. The minimum absolute atomic E-state index is 0.0193. The molecule has 1 saturated heterocycles. The van der Waals surface area contributed by atoms with E-state index in [9.17, 15) is 18.0 Å². The summed E-state index contributed by atoms with van der Waals surface area (Å²) in [5, 5.41) is 0. The number of aromatic nitrogens is 2. The number of carbonyl (C=O) groups excluding carboxylic acids is 1. The zero-order valence-electron chi connectivity index (χ0n) is 16.1. The lowest BCUT2D eigenvalue weighted by Crippen LogP contribution is -2.49. The van der Waals surface area contributed by atoms with E-state index in [-0.39, 0.29) is 18.2 Å². The second kappa shape index (κ2) is 8.54. The van der Waals surface area contributed by atoms with Crippen molar-refractivity contribution >= 4 is 12.0 Å². The molecule has 10 heteroatoms. The van der Waals surface area contributed by atoms with Gasteiger partial charge in [0, 0.05) is 31.7 Å². The Morgan fingerprint density at radius 2 is 1.76 bits per heavy atom. The number of rotatable bonds is 4. The number of ether oxygens (including phenoxy) is 2. The van der Waals surface area contributed by atoms with Crippen LogP contribution in [0.2, 0.25) is 0 Å². The van der Waals surface area contributed by atoms with Crippen molar-refractivity contribution in [1.29, 1.82) is 0 Å². The van der Waals surface area contributed by atoms with Gasteiger partial charge in [-0.15, -0.1) is 0 Å². The van der Waals surface area contributed by atoms with Crippen LogP contribution >= 0.6 is 0 Å². The molecule has 2 aromatic rings. The summed E-state index contributed by atoms with van der Waals surface area (Å²) < 4.78 is 50.3. The summed E-state index contributed by atoms with van der Waals surface area (Å²) in [7, 11) is 1.51. The van der Waals surface area contributed by atoms with Gasteiger partial charge in [-0.05, 0) is 37.3 Å². The van der Waals surface area contributed by atoms with Gasteiger partial charge in [0.25, 0.3) is 0 Å². The van der Waals surface area contributed by atoms with Crippen LogP contribution in [0.15, 0.2) is 30.3 Å². The Bertz CT molecular complexity index is 851. The van der Waals surface area contributed by atoms with Crippen molar-refractivity contribution in [2.45, 2.75) is 13.1 Å². The number of benzene rings is 1. The van der Waals surface area contributed by atoms with Gasteiger partial charge in [0.2, 0.25) is 5.95 Å². The summed E-state index contributed by atoms with van der Waals surface area (Å²) in [6.07, 6.45) is -5.04. The molecule has 0 N–H and O–H groups in total. The Labute approximate surface area is 166 Å². The van der Waals surface area contributed by atoms with Crippen molar-refractivity contribution in [3.8, 4) is 17.0 Å². The van der Waals surface area contributed by atoms with Gasteiger partial charge in [0.15, 0.2) is 5.69 Å². The van der Waals surface area contributed by atoms with Gasteiger partial charge in [0.05, 0.1) is 19.4 Å². The fourth-order valence-corrected chi connectivity index (χ4v) is 2.93. The lowest BCUT2D eigenvalue weighted by molar-refractivity contribution is -0.141. The SMILES string of the molecule is CCOC(=O)N1CCN(c2nc(-c3ccc(OC)cc3)cc(C(F)(F)F)n2)CC1. The van der Waals surface area contributed by atoms with Crippen molar-refractivity contribution in [2.24, 2.45) is 0 Å². The third-order valence-electron chi connectivity index (χ3n) is 4.48. The van der Waals surface area contributed by atoms with Gasteiger partial charge in [-0.2, -0.15) is 13.2 Å². The van der Waals surface area contributed by atoms with Crippen LogP contribution in [0, 0.1) is 0 Å². The van der Waals surface area contributed by atoms with E-state index in [1.165, 1.54) is 12.0 Å². The van der Waals surface area contributed by atoms with Crippen LogP contribution in [0.5, 0.6) is 5.75 Å². The van der Waals surface area contributed by atoms with Crippen molar-refractivity contribution in [2.75, 3.05) is 44.8 Å². The third-order valence-corrected chi connectivity index (χ3v) is 4.48. The number of amides is 1. The highest BCUT2D eigenvalue weighted by Gasteiger charge is 2.35. The van der Waals surface area contributed by atoms with Gasteiger partial charge >= 0.3 is 12.3 Å². The van der Waals surface area contributed by atoms with E-state index in [0.717, 1.165) is 6.07 Å². The normalized spacial score (nSPS) is 14.7. The van der Waals surface area contributed by atoms with E-state index in [2.05, 4.69) is 9.97 Å². The lowest BCUT2D eigenvalue weighted by atomic mass is 10.1. The molecule has 1 aliphatic heterocycles. The van der Waals surface area contributed by atoms with E-state index in [0.29, 0.717) is 37.5 Å². The second-order valence-corrected chi connectivity index (χ2v) is 6.34. The molecule has 0 atom stereocenters. The first kappa shape index (κ1) is 20.7.